The molecule has 7 atom stereocenters. The number of aromatic hydroxyl groups is 1. The van der Waals surface area contributed by atoms with E-state index < -0.39 is 76.2 Å². The van der Waals surface area contributed by atoms with Gasteiger partial charge >= 0.3 is 0 Å². The van der Waals surface area contributed by atoms with Crippen LogP contribution in [0.2, 0.25) is 0 Å². The van der Waals surface area contributed by atoms with E-state index in [1.165, 1.54) is 31.1 Å². The van der Waals surface area contributed by atoms with Crippen LogP contribution in [-0.4, -0.2) is 81.1 Å². The summed E-state index contributed by atoms with van der Waals surface area (Å²) in [6.45, 7) is 6.20. The van der Waals surface area contributed by atoms with Gasteiger partial charge in [-0.25, -0.2) is 0 Å². The summed E-state index contributed by atoms with van der Waals surface area (Å²) in [6.07, 6.45) is -0.0645. The molecule has 1 amide bonds. The van der Waals surface area contributed by atoms with Gasteiger partial charge in [0.25, 0.3) is 0 Å². The van der Waals surface area contributed by atoms with E-state index in [1.54, 1.807) is 12.1 Å². The van der Waals surface area contributed by atoms with Crippen LogP contribution in [0.5, 0.6) is 5.75 Å². The van der Waals surface area contributed by atoms with Crippen LogP contribution < -0.4 is 5.73 Å². The van der Waals surface area contributed by atoms with Crippen molar-refractivity contribution in [1.29, 1.82) is 0 Å². The van der Waals surface area contributed by atoms with Gasteiger partial charge in [0.2, 0.25) is 5.91 Å². The number of ketones is 4. The van der Waals surface area contributed by atoms with Gasteiger partial charge in [0.05, 0.1) is 29.5 Å². The number of carbonyl (C=O) groups excluding carboxylic acids is 5. The van der Waals surface area contributed by atoms with Crippen LogP contribution in [0.25, 0.3) is 11.6 Å². The van der Waals surface area contributed by atoms with Crippen molar-refractivity contribution in [2.24, 2.45) is 29.4 Å². The molecule has 0 heterocycles. The maximum Gasteiger partial charge on any atom is 0.235 e. The first-order valence-electron chi connectivity index (χ1n) is 13.7. The number of rotatable bonds is 3. The Hall–Kier alpha value is -3.99. The Kier molecular flexibility index (Phi) is 6.88. The van der Waals surface area contributed by atoms with Crippen molar-refractivity contribution in [1.82, 2.24) is 4.90 Å². The highest BCUT2D eigenvalue weighted by Gasteiger charge is 2.72. The molecule has 5 N–H and O–H groups in total. The van der Waals surface area contributed by atoms with Crippen molar-refractivity contribution in [3.05, 3.63) is 64.7 Å². The van der Waals surface area contributed by atoms with Gasteiger partial charge in [-0.1, -0.05) is 63.2 Å². The molecule has 10 nitrogen and oxygen atoms in total. The van der Waals surface area contributed by atoms with Crippen LogP contribution in [0.3, 0.4) is 0 Å². The van der Waals surface area contributed by atoms with Crippen molar-refractivity contribution in [3.63, 3.8) is 0 Å². The molecule has 0 radical (unpaired) electrons. The number of aliphatic hydroxyl groups excluding tert-OH is 1. The standard InChI is InChI=1S/C32H34N2O8/c1-31(2,3)15-11-9-14(10-12-15)13-17-16-7-6-8-18(35)19(16)25(36)21-20(17)26(37)23-24(34(4)5)27(38)22(30(33)41)29(40)32(23,42)28(21)39/h6-13,20-24,26,35,37,42H,1-5H3,(H2,33,41)/t20-,21?,22?,23-,24+,26+,32+/m1/s1. The lowest BCUT2D eigenvalue weighted by molar-refractivity contribution is -0.192. The molecule has 2 aromatic carbocycles. The molecule has 5 rings (SSSR count). The minimum absolute atomic E-state index is 0.118. The van der Waals surface area contributed by atoms with Gasteiger partial charge in [-0.3, -0.25) is 28.9 Å². The zero-order chi connectivity index (χ0) is 31.0. The first kappa shape index (κ1) is 29.5. The van der Waals surface area contributed by atoms with Crippen molar-refractivity contribution in [2.75, 3.05) is 14.1 Å². The number of benzene rings is 2. The predicted octanol–water partition coefficient (Wildman–Crippen LogP) is 1.13. The lowest BCUT2D eigenvalue weighted by Crippen LogP contribution is -2.77. The monoisotopic (exact) mass is 574 g/mol. The molecule has 0 aliphatic heterocycles. The van der Waals surface area contributed by atoms with Gasteiger partial charge in [-0.15, -0.1) is 0 Å². The minimum atomic E-state index is -3.06. The second-order valence-corrected chi connectivity index (χ2v) is 12.7. The number of phenols is 1. The smallest absolute Gasteiger partial charge is 0.235 e. The average molecular weight is 575 g/mol. The number of hydrogen-bond donors (Lipinski definition) is 4. The Balaban J connectivity index is 1.76. The predicted molar refractivity (Wildman–Crippen MR) is 152 cm³/mol. The van der Waals surface area contributed by atoms with E-state index in [9.17, 15) is 39.3 Å². The quantitative estimate of drug-likeness (QED) is 0.392. The summed E-state index contributed by atoms with van der Waals surface area (Å²) in [6, 6.07) is 10.5. The zero-order valence-corrected chi connectivity index (χ0v) is 24.0. The summed E-state index contributed by atoms with van der Waals surface area (Å²) >= 11 is 0. The Morgan fingerprint density at radius 1 is 1.00 bits per heavy atom. The first-order valence-corrected chi connectivity index (χ1v) is 13.7. The molecule has 3 aliphatic rings. The number of primary amides is 1. The fourth-order valence-electron chi connectivity index (χ4n) is 6.93. The van der Waals surface area contributed by atoms with Gasteiger partial charge < -0.3 is 21.1 Å². The van der Waals surface area contributed by atoms with Crippen LogP contribution >= 0.6 is 0 Å². The largest absolute Gasteiger partial charge is 0.507 e. The van der Waals surface area contributed by atoms with Crippen LogP contribution in [0.4, 0.5) is 0 Å². The topological polar surface area (TPSA) is 175 Å². The van der Waals surface area contributed by atoms with Gasteiger partial charge in [-0.2, -0.15) is 0 Å². The molecule has 2 aromatic rings. The Bertz CT molecular complexity index is 1570. The van der Waals surface area contributed by atoms with E-state index in [1.807, 2.05) is 24.3 Å². The zero-order valence-electron chi connectivity index (χ0n) is 24.0. The highest BCUT2D eigenvalue weighted by Crippen LogP contribution is 2.54. The molecule has 0 saturated heterocycles. The van der Waals surface area contributed by atoms with Crippen LogP contribution in [0, 0.1) is 23.7 Å². The number of nitrogens with zero attached hydrogens (tertiary/aromatic N) is 1. The Labute approximate surface area is 242 Å². The highest BCUT2D eigenvalue weighted by atomic mass is 16.3. The fraction of sp³-hybridized carbons (Fsp3) is 0.406. The van der Waals surface area contributed by atoms with Crippen LogP contribution in [-0.2, 0) is 24.6 Å². The summed E-state index contributed by atoms with van der Waals surface area (Å²) in [5, 5.41) is 34.5. The molecule has 2 saturated carbocycles. The maximum absolute atomic E-state index is 14.2. The second-order valence-electron chi connectivity index (χ2n) is 12.7. The third kappa shape index (κ3) is 4.08. The molecular formula is C32H34N2O8. The summed E-state index contributed by atoms with van der Waals surface area (Å²) in [5.41, 5.74) is 4.35. The number of carbonyl (C=O) groups is 5. The molecule has 3 aliphatic carbocycles. The van der Waals surface area contributed by atoms with Gasteiger partial charge in [0, 0.05) is 5.92 Å². The summed E-state index contributed by atoms with van der Waals surface area (Å²) in [5.74, 6) is -13.2. The molecule has 10 heteroatoms. The fourth-order valence-corrected chi connectivity index (χ4v) is 6.93. The second kappa shape index (κ2) is 9.79. The lowest BCUT2D eigenvalue weighted by Gasteiger charge is -2.55. The normalized spacial score (nSPS) is 32.0. The number of likely N-dealkylation sites (N-methyl/N-ethyl adjacent to an activating group) is 1. The van der Waals surface area contributed by atoms with E-state index in [-0.39, 0.29) is 16.5 Å². The molecule has 2 unspecified atom stereocenters. The molecule has 0 bridgehead atoms. The van der Waals surface area contributed by atoms with Crippen LogP contribution in [0.15, 0.2) is 42.5 Å². The number of Topliss-reactive ketones (excluding diaryl/α,β-unsaturated/α-hetero) is 4. The number of fused-ring (bicyclic) bond motifs is 3. The number of hydrogen-bond acceptors (Lipinski definition) is 9. The molecule has 42 heavy (non-hydrogen) atoms. The van der Waals surface area contributed by atoms with Crippen LogP contribution in [0.1, 0.15) is 47.8 Å². The molecule has 2 fully saturated rings. The van der Waals surface area contributed by atoms with Gasteiger partial charge in [-0.05, 0) is 47.8 Å². The minimum Gasteiger partial charge on any atom is -0.507 e. The maximum atomic E-state index is 14.2. The summed E-state index contributed by atoms with van der Waals surface area (Å²) < 4.78 is 0. The van der Waals surface area contributed by atoms with Gasteiger partial charge in [0.15, 0.2) is 34.7 Å². The summed E-state index contributed by atoms with van der Waals surface area (Å²) in [4.78, 5) is 68.6. The van der Waals surface area contributed by atoms with E-state index in [0.717, 1.165) is 5.56 Å². The van der Waals surface area contributed by atoms with E-state index in [4.69, 9.17) is 5.73 Å². The highest BCUT2D eigenvalue weighted by molar-refractivity contribution is 6.33. The number of amides is 1. The van der Waals surface area contributed by atoms with E-state index in [2.05, 4.69) is 20.8 Å². The van der Waals surface area contributed by atoms with Crippen molar-refractivity contribution in [3.8, 4) is 5.75 Å². The molecule has 0 aromatic heterocycles. The Morgan fingerprint density at radius 3 is 2.17 bits per heavy atom. The molecular weight excluding hydrogens is 540 g/mol. The summed E-state index contributed by atoms with van der Waals surface area (Å²) in [7, 11) is 2.90. The third-order valence-electron chi connectivity index (χ3n) is 8.97. The number of aliphatic hydroxyl groups is 2. The SMILES string of the molecule is CN(C)[C@@H]1C(=O)C(C(N)=O)C(=O)[C@@]2(O)C(=O)C3C(=O)c4c(O)cccc4C(=Cc4ccc(C(C)(C)C)cc4)[C@H]3[C@H](O)[C@@H]12. The van der Waals surface area contributed by atoms with Crippen molar-refractivity contribution in [2.45, 2.75) is 43.9 Å². The molecule has 0 spiro atoms. The van der Waals surface area contributed by atoms with Gasteiger partial charge in [0.1, 0.15) is 5.75 Å². The Morgan fingerprint density at radius 2 is 1.62 bits per heavy atom. The lowest BCUT2D eigenvalue weighted by atomic mass is 9.50. The van der Waals surface area contributed by atoms with Crippen molar-refractivity contribution < 1.29 is 39.3 Å². The van der Waals surface area contributed by atoms with Crippen molar-refractivity contribution >= 4 is 40.7 Å². The number of nitrogens with two attached hydrogens (primary N) is 1. The third-order valence-corrected chi connectivity index (χ3v) is 8.97. The molecule has 220 valence electrons. The van der Waals surface area contributed by atoms with E-state index >= 15 is 0 Å². The van der Waals surface area contributed by atoms with E-state index in [0.29, 0.717) is 11.1 Å². The first-order chi connectivity index (χ1) is 19.5. The average Bonchev–Trinajstić information content (AvgIpc) is 2.89. The number of phenolic OH excluding ortho intramolecular Hbond substituents is 1.